The van der Waals surface area contributed by atoms with Crippen LogP contribution in [-0.2, 0) is 9.84 Å². The summed E-state index contributed by atoms with van der Waals surface area (Å²) in [7, 11) is 1.22. The first-order valence-corrected chi connectivity index (χ1v) is 3.58. The predicted octanol–water partition coefficient (Wildman–Crippen LogP) is 1.67. The maximum absolute atomic E-state index is 11.1. The second kappa shape index (κ2) is 3.97. The highest BCUT2D eigenvalue weighted by atomic mass is 16.6. The van der Waals surface area contributed by atoms with E-state index in [2.05, 4.69) is 4.74 Å². The zero-order valence-corrected chi connectivity index (χ0v) is 6.97. The average Bonchev–Trinajstić information content (AvgIpc) is 2.16. The molecule has 0 amide bonds. The Morgan fingerprint density at radius 3 is 2.62 bits per heavy atom. The van der Waals surface area contributed by atoms with Crippen LogP contribution >= 0.6 is 0 Å². The molecule has 0 aromatic heterocycles. The van der Waals surface area contributed by atoms with Gasteiger partial charge in [0.15, 0.2) is 0 Å². The lowest BCUT2D eigenvalue weighted by molar-refractivity contribution is -0.387. The number of nitro groups is 1. The first-order chi connectivity index (χ1) is 6.16. The summed E-state index contributed by atoms with van der Waals surface area (Å²) in [5, 5.41) is 21.5. The third-order valence-electron chi connectivity index (χ3n) is 1.60. The lowest BCUT2D eigenvalue weighted by atomic mass is 10.2. The minimum absolute atomic E-state index is 0.0509. The van der Waals surface area contributed by atoms with Gasteiger partial charge in [-0.15, -0.1) is 0 Å². The van der Waals surface area contributed by atoms with Crippen molar-refractivity contribution < 1.29 is 14.8 Å². The Kier molecular flexibility index (Phi) is 2.94. The zero-order chi connectivity index (χ0) is 9.84. The van der Waals surface area contributed by atoms with Crippen LogP contribution in [0.15, 0.2) is 24.3 Å². The van der Waals surface area contributed by atoms with Gasteiger partial charge in [0.2, 0.25) is 6.29 Å². The number of hydrogen-bond donors (Lipinski definition) is 0. The van der Waals surface area contributed by atoms with Crippen LogP contribution < -0.4 is 0 Å². The first-order valence-electron chi connectivity index (χ1n) is 3.58. The number of nitro benzene ring substituents is 1. The van der Waals surface area contributed by atoms with E-state index in [1.165, 1.54) is 25.3 Å². The van der Waals surface area contributed by atoms with Crippen molar-refractivity contribution in [1.82, 2.24) is 0 Å². The number of nitrogens with zero attached hydrogens (tertiary/aromatic N) is 1. The van der Waals surface area contributed by atoms with Gasteiger partial charge in [-0.1, -0.05) is 12.1 Å². The lowest BCUT2D eigenvalue weighted by Crippen LogP contribution is -2.02. The molecule has 69 valence electrons. The van der Waals surface area contributed by atoms with Crippen molar-refractivity contribution in [2.45, 2.75) is 6.29 Å². The molecule has 1 atom stereocenters. The van der Waals surface area contributed by atoms with Crippen LogP contribution in [0.25, 0.3) is 0 Å². The highest BCUT2D eigenvalue weighted by Crippen LogP contribution is 2.24. The summed E-state index contributed by atoms with van der Waals surface area (Å²) in [6, 6.07) is 5.73. The number of ether oxygens (including phenoxy) is 1. The molecule has 0 aliphatic heterocycles. The van der Waals surface area contributed by atoms with E-state index in [9.17, 15) is 15.2 Å². The third kappa shape index (κ3) is 2.01. The van der Waals surface area contributed by atoms with E-state index < -0.39 is 11.2 Å². The fourth-order valence-electron chi connectivity index (χ4n) is 0.980. The highest BCUT2D eigenvalue weighted by molar-refractivity contribution is 5.40. The van der Waals surface area contributed by atoms with Gasteiger partial charge in [-0.3, -0.25) is 10.1 Å². The highest BCUT2D eigenvalue weighted by Gasteiger charge is 2.19. The Bertz CT molecular complexity index is 313. The van der Waals surface area contributed by atoms with Gasteiger partial charge in [0, 0.05) is 13.2 Å². The molecule has 1 aromatic carbocycles. The van der Waals surface area contributed by atoms with Gasteiger partial charge in [0.25, 0.3) is 5.69 Å². The fourth-order valence-corrected chi connectivity index (χ4v) is 0.980. The first kappa shape index (κ1) is 9.63. The largest absolute Gasteiger partial charge is 0.349 e. The number of rotatable bonds is 3. The van der Waals surface area contributed by atoms with Crippen molar-refractivity contribution in [1.29, 1.82) is 0 Å². The normalized spacial score (nSPS) is 12.5. The maximum Gasteiger partial charge on any atom is 0.277 e. The van der Waals surface area contributed by atoms with Crippen LogP contribution in [0.4, 0.5) is 5.69 Å². The molecule has 5 heteroatoms. The molecular formula is C8H8NO4. The smallest absolute Gasteiger partial charge is 0.277 e. The molecule has 0 aliphatic carbocycles. The van der Waals surface area contributed by atoms with E-state index >= 15 is 0 Å². The van der Waals surface area contributed by atoms with Gasteiger partial charge in [0.1, 0.15) is 0 Å². The predicted molar refractivity (Wildman–Crippen MR) is 43.5 cm³/mol. The summed E-state index contributed by atoms with van der Waals surface area (Å²) >= 11 is 0. The van der Waals surface area contributed by atoms with Crippen molar-refractivity contribution in [3.05, 3.63) is 39.9 Å². The minimum Gasteiger partial charge on any atom is -0.349 e. The van der Waals surface area contributed by atoms with Gasteiger partial charge in [-0.25, -0.2) is 0 Å². The molecule has 0 aliphatic rings. The monoisotopic (exact) mass is 182 g/mol. The van der Waals surface area contributed by atoms with Gasteiger partial charge in [-0.2, -0.15) is 5.11 Å². The van der Waals surface area contributed by atoms with Crippen LogP contribution in [0.2, 0.25) is 0 Å². The summed E-state index contributed by atoms with van der Waals surface area (Å²) in [6.07, 6.45) is -1.50. The molecule has 0 heterocycles. The van der Waals surface area contributed by atoms with E-state index in [0.29, 0.717) is 0 Å². The molecular weight excluding hydrogens is 174 g/mol. The van der Waals surface area contributed by atoms with Gasteiger partial charge in [-0.05, 0) is 6.07 Å². The molecule has 0 saturated carbocycles. The Morgan fingerprint density at radius 1 is 1.46 bits per heavy atom. The van der Waals surface area contributed by atoms with Gasteiger partial charge >= 0.3 is 0 Å². The number of benzene rings is 1. The molecule has 0 fully saturated rings. The van der Waals surface area contributed by atoms with Crippen molar-refractivity contribution in [2.24, 2.45) is 0 Å². The Labute approximate surface area is 74.7 Å². The summed E-state index contributed by atoms with van der Waals surface area (Å²) in [6.45, 7) is 0. The second-order valence-corrected chi connectivity index (χ2v) is 2.38. The van der Waals surface area contributed by atoms with E-state index in [0.717, 1.165) is 0 Å². The number of hydrogen-bond acceptors (Lipinski definition) is 3. The van der Waals surface area contributed by atoms with E-state index in [4.69, 9.17) is 0 Å². The molecule has 0 saturated heterocycles. The van der Waals surface area contributed by atoms with Crippen molar-refractivity contribution >= 4 is 5.69 Å². The molecule has 13 heavy (non-hydrogen) atoms. The maximum atomic E-state index is 11.1. The van der Waals surface area contributed by atoms with Crippen LogP contribution in [0, 0.1) is 10.1 Å². The average molecular weight is 182 g/mol. The van der Waals surface area contributed by atoms with Crippen LogP contribution in [0.3, 0.4) is 0 Å². The van der Waals surface area contributed by atoms with Crippen LogP contribution in [0.1, 0.15) is 11.9 Å². The fraction of sp³-hybridized carbons (Fsp3) is 0.250. The SMILES string of the molecule is COC([O])c1ccccc1[N+](=O)[O-]. The molecule has 5 nitrogen and oxygen atoms in total. The quantitative estimate of drug-likeness (QED) is 0.405. The van der Waals surface area contributed by atoms with Gasteiger partial charge < -0.3 is 4.74 Å². The van der Waals surface area contributed by atoms with Crippen LogP contribution in [0.5, 0.6) is 0 Å². The minimum atomic E-state index is -1.50. The van der Waals surface area contributed by atoms with E-state index in [1.807, 2.05) is 0 Å². The van der Waals surface area contributed by atoms with Gasteiger partial charge in [0.05, 0.1) is 10.5 Å². The number of para-hydroxylation sites is 1. The molecule has 0 N–H and O–H groups in total. The molecule has 1 unspecified atom stereocenters. The topological polar surface area (TPSA) is 72.3 Å². The lowest BCUT2D eigenvalue weighted by Gasteiger charge is -2.05. The molecule has 1 aromatic rings. The molecule has 1 radical (unpaired) electrons. The van der Waals surface area contributed by atoms with E-state index in [1.54, 1.807) is 6.07 Å². The Balaban J connectivity index is 3.11. The standard InChI is InChI=1S/C8H8NO4/c1-13-8(10)6-4-2-3-5-7(6)9(11)12/h2-5,8H,1H3. The third-order valence-corrected chi connectivity index (χ3v) is 1.60. The number of methoxy groups -OCH3 is 1. The van der Waals surface area contributed by atoms with Crippen molar-refractivity contribution in [2.75, 3.05) is 7.11 Å². The zero-order valence-electron chi connectivity index (χ0n) is 6.97. The summed E-state index contributed by atoms with van der Waals surface area (Å²) < 4.78 is 4.47. The molecule has 0 spiro atoms. The molecule has 1 rings (SSSR count). The van der Waals surface area contributed by atoms with Crippen molar-refractivity contribution in [3.63, 3.8) is 0 Å². The van der Waals surface area contributed by atoms with Crippen molar-refractivity contribution in [3.8, 4) is 0 Å². The molecule has 0 bridgehead atoms. The van der Waals surface area contributed by atoms with Crippen LogP contribution in [-0.4, -0.2) is 12.0 Å². The second-order valence-electron chi connectivity index (χ2n) is 2.38. The Morgan fingerprint density at radius 2 is 2.08 bits per heavy atom. The summed E-state index contributed by atoms with van der Waals surface area (Å²) in [5.41, 5.74) is -0.153. The summed E-state index contributed by atoms with van der Waals surface area (Å²) in [4.78, 5) is 9.86. The summed E-state index contributed by atoms with van der Waals surface area (Å²) in [5.74, 6) is 0. The van der Waals surface area contributed by atoms with E-state index in [-0.39, 0.29) is 11.3 Å². The Hall–Kier alpha value is -1.46.